The summed E-state index contributed by atoms with van der Waals surface area (Å²) >= 11 is 1.66. The minimum Gasteiger partial charge on any atom is -0.484 e. The summed E-state index contributed by atoms with van der Waals surface area (Å²) in [6, 6.07) is 7.71. The molecule has 1 heterocycles. The Morgan fingerprint density at radius 3 is 2.53 bits per heavy atom. The SMILES string of the molecule is CSc1ccc(OC2(CC(=O)O)CNC2)cc1. The zero-order valence-corrected chi connectivity index (χ0v) is 10.4. The number of thioether (sulfide) groups is 1. The first-order chi connectivity index (χ1) is 8.13. The van der Waals surface area contributed by atoms with Crippen molar-refractivity contribution < 1.29 is 14.6 Å². The molecule has 0 atom stereocenters. The van der Waals surface area contributed by atoms with Crippen LogP contribution in [0.15, 0.2) is 29.2 Å². The number of hydrogen-bond acceptors (Lipinski definition) is 4. The number of ether oxygens (including phenoxy) is 1. The Bertz CT molecular complexity index is 401. The Morgan fingerprint density at radius 1 is 1.47 bits per heavy atom. The van der Waals surface area contributed by atoms with Crippen LogP contribution in [0.5, 0.6) is 5.75 Å². The Morgan fingerprint density at radius 2 is 2.12 bits per heavy atom. The minimum atomic E-state index is -0.827. The molecule has 1 saturated heterocycles. The van der Waals surface area contributed by atoms with E-state index >= 15 is 0 Å². The van der Waals surface area contributed by atoms with Gasteiger partial charge in [-0.1, -0.05) is 0 Å². The van der Waals surface area contributed by atoms with Gasteiger partial charge >= 0.3 is 5.97 Å². The average Bonchev–Trinajstić information content (AvgIpc) is 2.26. The Hall–Kier alpha value is -1.20. The molecule has 2 N–H and O–H groups in total. The van der Waals surface area contributed by atoms with Crippen LogP contribution in [0.4, 0.5) is 0 Å². The molecule has 1 aliphatic rings. The van der Waals surface area contributed by atoms with Crippen LogP contribution in [0.1, 0.15) is 6.42 Å². The van der Waals surface area contributed by atoms with Crippen molar-refractivity contribution in [3.05, 3.63) is 24.3 Å². The summed E-state index contributed by atoms with van der Waals surface area (Å²) in [5.41, 5.74) is -0.577. The number of hydrogen-bond donors (Lipinski definition) is 2. The summed E-state index contributed by atoms with van der Waals surface area (Å²) in [5.74, 6) is -0.0993. The van der Waals surface area contributed by atoms with E-state index in [4.69, 9.17) is 9.84 Å². The second-order valence-corrected chi connectivity index (χ2v) is 5.01. The summed E-state index contributed by atoms with van der Waals surface area (Å²) < 4.78 is 5.80. The van der Waals surface area contributed by atoms with Gasteiger partial charge in [0.1, 0.15) is 11.4 Å². The summed E-state index contributed by atoms with van der Waals surface area (Å²) in [6.07, 6.45) is 2.04. The fourth-order valence-electron chi connectivity index (χ4n) is 1.81. The number of rotatable bonds is 5. The summed E-state index contributed by atoms with van der Waals surface area (Å²) in [4.78, 5) is 12.0. The lowest BCUT2D eigenvalue weighted by molar-refractivity contribution is -0.143. The van der Waals surface area contributed by atoms with Gasteiger partial charge in [0.25, 0.3) is 0 Å². The Labute approximate surface area is 104 Å². The molecular weight excluding hydrogens is 238 g/mol. The van der Waals surface area contributed by atoms with Crippen LogP contribution in [-0.2, 0) is 4.79 Å². The van der Waals surface area contributed by atoms with Crippen LogP contribution < -0.4 is 10.1 Å². The third kappa shape index (κ3) is 2.92. The van der Waals surface area contributed by atoms with Crippen molar-refractivity contribution in [2.75, 3.05) is 19.3 Å². The highest BCUT2D eigenvalue weighted by Crippen LogP contribution is 2.27. The zero-order chi connectivity index (χ0) is 12.3. The molecule has 0 radical (unpaired) electrons. The predicted octanol–water partition coefficient (Wildman–Crippen LogP) is 1.60. The van der Waals surface area contributed by atoms with E-state index < -0.39 is 11.6 Å². The van der Waals surface area contributed by atoms with E-state index in [1.165, 1.54) is 0 Å². The van der Waals surface area contributed by atoms with Gasteiger partial charge in [-0.05, 0) is 30.5 Å². The molecule has 0 saturated carbocycles. The van der Waals surface area contributed by atoms with E-state index in [1.54, 1.807) is 11.8 Å². The monoisotopic (exact) mass is 253 g/mol. The maximum atomic E-state index is 10.8. The van der Waals surface area contributed by atoms with Gasteiger partial charge in [0, 0.05) is 18.0 Å². The van der Waals surface area contributed by atoms with Crippen molar-refractivity contribution in [1.82, 2.24) is 5.32 Å². The van der Waals surface area contributed by atoms with E-state index in [9.17, 15) is 4.79 Å². The number of carboxylic acid groups (broad SMARTS) is 1. The van der Waals surface area contributed by atoms with Gasteiger partial charge in [-0.2, -0.15) is 0 Å². The van der Waals surface area contributed by atoms with Crippen molar-refractivity contribution in [2.45, 2.75) is 16.9 Å². The first-order valence-corrected chi connectivity index (χ1v) is 6.62. The van der Waals surface area contributed by atoms with Gasteiger partial charge in [-0.3, -0.25) is 4.79 Å². The molecule has 1 aromatic carbocycles. The number of carbonyl (C=O) groups is 1. The smallest absolute Gasteiger partial charge is 0.307 e. The summed E-state index contributed by atoms with van der Waals surface area (Å²) in [7, 11) is 0. The standard InChI is InChI=1S/C12H15NO3S/c1-17-10-4-2-9(3-5-10)16-12(6-11(14)15)7-13-8-12/h2-5,13H,6-8H2,1H3,(H,14,15). The maximum absolute atomic E-state index is 10.8. The second-order valence-electron chi connectivity index (χ2n) is 4.13. The third-order valence-electron chi connectivity index (χ3n) is 2.76. The molecule has 0 unspecified atom stereocenters. The van der Waals surface area contributed by atoms with Crippen molar-refractivity contribution in [2.24, 2.45) is 0 Å². The molecule has 92 valence electrons. The normalized spacial score (nSPS) is 17.2. The maximum Gasteiger partial charge on any atom is 0.307 e. The number of nitrogens with one attached hydrogen (secondary N) is 1. The van der Waals surface area contributed by atoms with Gasteiger partial charge in [-0.25, -0.2) is 0 Å². The molecule has 1 aliphatic heterocycles. The van der Waals surface area contributed by atoms with E-state index in [2.05, 4.69) is 5.32 Å². The fraction of sp³-hybridized carbons (Fsp3) is 0.417. The molecule has 0 spiro atoms. The van der Waals surface area contributed by atoms with Gasteiger partial charge in [0.05, 0.1) is 6.42 Å². The van der Waals surface area contributed by atoms with Gasteiger partial charge in [0.15, 0.2) is 0 Å². The molecule has 0 bridgehead atoms. The molecule has 1 fully saturated rings. The predicted molar refractivity (Wildman–Crippen MR) is 66.7 cm³/mol. The first kappa shape index (κ1) is 12.3. The highest BCUT2D eigenvalue weighted by atomic mass is 32.2. The molecule has 2 rings (SSSR count). The average molecular weight is 253 g/mol. The molecule has 17 heavy (non-hydrogen) atoms. The summed E-state index contributed by atoms with van der Waals surface area (Å²) in [6.45, 7) is 1.17. The molecule has 0 aromatic heterocycles. The Kier molecular flexibility index (Phi) is 3.59. The van der Waals surface area contributed by atoms with Crippen LogP contribution in [0, 0.1) is 0 Å². The van der Waals surface area contributed by atoms with Crippen LogP contribution in [0.3, 0.4) is 0 Å². The lowest BCUT2D eigenvalue weighted by Gasteiger charge is -2.41. The number of aliphatic carboxylic acids is 1. The van der Waals surface area contributed by atoms with Gasteiger partial charge in [0.2, 0.25) is 0 Å². The van der Waals surface area contributed by atoms with Crippen LogP contribution in [-0.4, -0.2) is 36.0 Å². The second kappa shape index (κ2) is 4.98. The van der Waals surface area contributed by atoms with Crippen LogP contribution in [0.2, 0.25) is 0 Å². The largest absolute Gasteiger partial charge is 0.484 e. The number of benzene rings is 1. The fourth-order valence-corrected chi connectivity index (χ4v) is 2.21. The lowest BCUT2D eigenvalue weighted by atomic mass is 9.92. The van der Waals surface area contributed by atoms with Gasteiger partial charge < -0.3 is 15.2 Å². The minimum absolute atomic E-state index is 0.0320. The molecular formula is C12H15NO3S. The number of carboxylic acids is 1. The van der Waals surface area contributed by atoms with E-state index in [-0.39, 0.29) is 6.42 Å². The molecule has 0 amide bonds. The molecule has 4 nitrogen and oxygen atoms in total. The lowest BCUT2D eigenvalue weighted by Crippen LogP contribution is -2.64. The Balaban J connectivity index is 2.04. The third-order valence-corrected chi connectivity index (χ3v) is 3.51. The molecule has 1 aromatic rings. The summed E-state index contributed by atoms with van der Waals surface area (Å²) in [5, 5.41) is 11.9. The molecule has 5 heteroatoms. The van der Waals surface area contributed by atoms with Crippen molar-refractivity contribution in [1.29, 1.82) is 0 Å². The van der Waals surface area contributed by atoms with Crippen molar-refractivity contribution >= 4 is 17.7 Å². The zero-order valence-electron chi connectivity index (χ0n) is 9.60. The van der Waals surface area contributed by atoms with Crippen molar-refractivity contribution in [3.63, 3.8) is 0 Å². The molecule has 0 aliphatic carbocycles. The quantitative estimate of drug-likeness (QED) is 0.781. The topological polar surface area (TPSA) is 58.6 Å². The van der Waals surface area contributed by atoms with E-state index in [0.29, 0.717) is 13.1 Å². The first-order valence-electron chi connectivity index (χ1n) is 5.39. The van der Waals surface area contributed by atoms with E-state index in [1.807, 2.05) is 30.5 Å². The van der Waals surface area contributed by atoms with Crippen LogP contribution >= 0.6 is 11.8 Å². The van der Waals surface area contributed by atoms with Gasteiger partial charge in [-0.15, -0.1) is 11.8 Å². The van der Waals surface area contributed by atoms with Crippen molar-refractivity contribution in [3.8, 4) is 5.75 Å². The highest BCUT2D eigenvalue weighted by molar-refractivity contribution is 7.98. The van der Waals surface area contributed by atoms with E-state index in [0.717, 1.165) is 10.6 Å². The van der Waals surface area contributed by atoms with Crippen LogP contribution in [0.25, 0.3) is 0 Å². The highest BCUT2D eigenvalue weighted by Gasteiger charge is 2.41.